The van der Waals surface area contributed by atoms with Crippen molar-refractivity contribution < 1.29 is 4.79 Å². The normalized spacial score (nSPS) is 10.0. The van der Waals surface area contributed by atoms with Gasteiger partial charge in [-0.25, -0.2) is 4.79 Å². The molecule has 4 heteroatoms. The van der Waals surface area contributed by atoms with Crippen LogP contribution >= 0.6 is 0 Å². The Morgan fingerprint density at radius 3 is 2.50 bits per heavy atom. The Labute approximate surface area is 81.0 Å². The molecule has 0 bridgehead atoms. The molecule has 2 aromatic rings. The molecule has 0 aliphatic heterocycles. The predicted molar refractivity (Wildman–Crippen MR) is 52.6 cm³/mol. The molecular weight excluding hydrogens is 178 g/mol. The minimum Gasteiger partial charge on any atom is -0.350 e. The fraction of sp³-hybridized carbons (Fsp3) is 0. The first-order valence-corrected chi connectivity index (χ1v) is 4.18. The summed E-state index contributed by atoms with van der Waals surface area (Å²) in [5, 5.41) is 4.02. The molecule has 14 heavy (non-hydrogen) atoms. The minimum atomic E-state index is -0.577. The van der Waals surface area contributed by atoms with Crippen molar-refractivity contribution in [2.24, 2.45) is 5.73 Å². The van der Waals surface area contributed by atoms with Crippen LogP contribution in [0.15, 0.2) is 42.6 Å². The van der Waals surface area contributed by atoms with Gasteiger partial charge in [0.1, 0.15) is 0 Å². The van der Waals surface area contributed by atoms with E-state index in [0.717, 1.165) is 15.9 Å². The second kappa shape index (κ2) is 3.33. The number of nitrogens with two attached hydrogens (primary N) is 1. The average molecular weight is 187 g/mol. The van der Waals surface area contributed by atoms with Crippen LogP contribution < -0.4 is 5.73 Å². The fourth-order valence-electron chi connectivity index (χ4n) is 1.21. The summed E-state index contributed by atoms with van der Waals surface area (Å²) in [6.07, 6.45) is 1.55. The second-order valence-corrected chi connectivity index (χ2v) is 2.85. The highest BCUT2D eigenvalue weighted by molar-refractivity contribution is 5.74. The Balaban J connectivity index is 2.39. The number of primary amides is 1. The van der Waals surface area contributed by atoms with Crippen molar-refractivity contribution in [3.05, 3.63) is 42.6 Å². The van der Waals surface area contributed by atoms with Crippen LogP contribution in [0.25, 0.3) is 11.3 Å². The van der Waals surface area contributed by atoms with Crippen LogP contribution in [0.1, 0.15) is 0 Å². The standard InChI is InChI=1S/C10H9N3O/c11-10(14)13-7-6-9(12-13)8-4-2-1-3-5-8/h1-7H,(H2,11,14). The molecule has 4 nitrogen and oxygen atoms in total. The number of carbonyl (C=O) groups is 1. The zero-order valence-electron chi connectivity index (χ0n) is 7.42. The summed E-state index contributed by atoms with van der Waals surface area (Å²) in [5.74, 6) is 0. The summed E-state index contributed by atoms with van der Waals surface area (Å²) < 4.78 is 1.11. The molecule has 0 spiro atoms. The molecule has 0 fully saturated rings. The highest BCUT2D eigenvalue weighted by Gasteiger charge is 2.03. The highest BCUT2D eigenvalue weighted by Crippen LogP contribution is 2.15. The van der Waals surface area contributed by atoms with Crippen LogP contribution in [0.4, 0.5) is 4.79 Å². The van der Waals surface area contributed by atoms with E-state index >= 15 is 0 Å². The van der Waals surface area contributed by atoms with Gasteiger partial charge < -0.3 is 5.73 Å². The van der Waals surface area contributed by atoms with Gasteiger partial charge in [-0.2, -0.15) is 9.78 Å². The molecule has 0 saturated carbocycles. The first-order valence-electron chi connectivity index (χ1n) is 4.18. The molecule has 70 valence electrons. The third-order valence-corrected chi connectivity index (χ3v) is 1.88. The maximum atomic E-state index is 10.8. The van der Waals surface area contributed by atoms with Crippen molar-refractivity contribution in [2.45, 2.75) is 0 Å². The lowest BCUT2D eigenvalue weighted by atomic mass is 10.2. The van der Waals surface area contributed by atoms with Crippen molar-refractivity contribution in [2.75, 3.05) is 0 Å². The van der Waals surface area contributed by atoms with Crippen LogP contribution in [-0.2, 0) is 0 Å². The van der Waals surface area contributed by atoms with E-state index in [2.05, 4.69) is 5.10 Å². The van der Waals surface area contributed by atoms with Crippen molar-refractivity contribution in [1.29, 1.82) is 0 Å². The van der Waals surface area contributed by atoms with E-state index in [9.17, 15) is 4.79 Å². The molecule has 0 saturated heterocycles. The van der Waals surface area contributed by atoms with Gasteiger partial charge in [0.25, 0.3) is 0 Å². The molecule has 2 rings (SSSR count). The monoisotopic (exact) mass is 187 g/mol. The van der Waals surface area contributed by atoms with E-state index in [1.165, 1.54) is 0 Å². The number of nitrogens with zero attached hydrogens (tertiary/aromatic N) is 2. The minimum absolute atomic E-state index is 0.577. The maximum absolute atomic E-state index is 10.8. The molecule has 0 unspecified atom stereocenters. The smallest absolute Gasteiger partial charge is 0.339 e. The predicted octanol–water partition coefficient (Wildman–Crippen LogP) is 1.48. The van der Waals surface area contributed by atoms with Gasteiger partial charge in [-0.05, 0) is 6.07 Å². The van der Waals surface area contributed by atoms with Gasteiger partial charge in [-0.1, -0.05) is 30.3 Å². The van der Waals surface area contributed by atoms with E-state index < -0.39 is 6.03 Å². The van der Waals surface area contributed by atoms with Gasteiger partial charge in [0.2, 0.25) is 0 Å². The van der Waals surface area contributed by atoms with Gasteiger partial charge in [0, 0.05) is 11.8 Å². The van der Waals surface area contributed by atoms with Crippen molar-refractivity contribution in [3.63, 3.8) is 0 Å². The molecule has 1 amide bonds. The number of rotatable bonds is 1. The largest absolute Gasteiger partial charge is 0.350 e. The van der Waals surface area contributed by atoms with E-state index in [1.54, 1.807) is 12.3 Å². The third kappa shape index (κ3) is 1.50. The number of hydrogen-bond donors (Lipinski definition) is 1. The van der Waals surface area contributed by atoms with Crippen molar-refractivity contribution in [1.82, 2.24) is 9.78 Å². The first-order chi connectivity index (χ1) is 6.77. The number of aromatic nitrogens is 2. The van der Waals surface area contributed by atoms with Gasteiger partial charge in [-0.15, -0.1) is 0 Å². The topological polar surface area (TPSA) is 60.9 Å². The van der Waals surface area contributed by atoms with Crippen LogP contribution in [-0.4, -0.2) is 15.8 Å². The number of benzene rings is 1. The summed E-state index contributed by atoms with van der Waals surface area (Å²) in [7, 11) is 0. The lowest BCUT2D eigenvalue weighted by Crippen LogP contribution is -2.19. The van der Waals surface area contributed by atoms with Crippen molar-refractivity contribution in [3.8, 4) is 11.3 Å². The van der Waals surface area contributed by atoms with Crippen LogP contribution in [0.3, 0.4) is 0 Å². The van der Waals surface area contributed by atoms with Gasteiger partial charge in [0.05, 0.1) is 5.69 Å². The van der Waals surface area contributed by atoms with Crippen LogP contribution in [0.2, 0.25) is 0 Å². The van der Waals surface area contributed by atoms with Crippen LogP contribution in [0.5, 0.6) is 0 Å². The zero-order valence-corrected chi connectivity index (χ0v) is 7.42. The maximum Gasteiger partial charge on any atom is 0.339 e. The zero-order chi connectivity index (χ0) is 9.97. The Morgan fingerprint density at radius 2 is 1.93 bits per heavy atom. The molecule has 0 aliphatic rings. The van der Waals surface area contributed by atoms with Crippen molar-refractivity contribution >= 4 is 6.03 Å². The number of hydrogen-bond acceptors (Lipinski definition) is 2. The third-order valence-electron chi connectivity index (χ3n) is 1.88. The summed E-state index contributed by atoms with van der Waals surface area (Å²) in [5.41, 5.74) is 6.77. The molecule has 1 heterocycles. The summed E-state index contributed by atoms with van der Waals surface area (Å²) >= 11 is 0. The SMILES string of the molecule is NC(=O)n1ccc(-c2ccccc2)n1. The second-order valence-electron chi connectivity index (χ2n) is 2.85. The number of amides is 1. The molecular formula is C10H9N3O. The fourth-order valence-corrected chi connectivity index (χ4v) is 1.21. The van der Waals surface area contributed by atoms with E-state index in [4.69, 9.17) is 5.73 Å². The molecule has 1 aromatic carbocycles. The Morgan fingerprint density at radius 1 is 1.21 bits per heavy atom. The number of carbonyl (C=O) groups excluding carboxylic acids is 1. The lowest BCUT2D eigenvalue weighted by Gasteiger charge is -1.94. The van der Waals surface area contributed by atoms with Gasteiger partial charge in [0.15, 0.2) is 0 Å². The molecule has 0 aliphatic carbocycles. The van der Waals surface area contributed by atoms with Gasteiger partial charge in [-0.3, -0.25) is 0 Å². The summed E-state index contributed by atoms with van der Waals surface area (Å²) in [4.78, 5) is 10.8. The van der Waals surface area contributed by atoms with E-state index in [1.807, 2.05) is 30.3 Å². The molecule has 0 radical (unpaired) electrons. The molecule has 2 N–H and O–H groups in total. The quantitative estimate of drug-likeness (QED) is 0.734. The van der Waals surface area contributed by atoms with Crippen LogP contribution in [0, 0.1) is 0 Å². The molecule has 0 atom stereocenters. The summed E-state index contributed by atoms with van der Waals surface area (Å²) in [6, 6.07) is 10.8. The highest BCUT2D eigenvalue weighted by atomic mass is 16.2. The van der Waals surface area contributed by atoms with E-state index in [-0.39, 0.29) is 0 Å². The van der Waals surface area contributed by atoms with E-state index in [0.29, 0.717) is 0 Å². The lowest BCUT2D eigenvalue weighted by molar-refractivity contribution is 0.248. The molecule has 1 aromatic heterocycles. The van der Waals surface area contributed by atoms with Gasteiger partial charge >= 0.3 is 6.03 Å². The Kier molecular flexibility index (Phi) is 2.02. The average Bonchev–Trinajstić information content (AvgIpc) is 2.68. The Bertz CT molecular complexity index is 447. The first kappa shape index (κ1) is 8.50. The summed E-state index contributed by atoms with van der Waals surface area (Å²) in [6.45, 7) is 0. The Hall–Kier alpha value is -2.10.